The van der Waals surface area contributed by atoms with E-state index >= 15 is 0 Å². The van der Waals surface area contributed by atoms with E-state index in [0.29, 0.717) is 6.04 Å². The van der Waals surface area contributed by atoms with Gasteiger partial charge in [-0.05, 0) is 56.1 Å². The van der Waals surface area contributed by atoms with Crippen LogP contribution in [0.3, 0.4) is 0 Å². The number of hydrogen-bond donors (Lipinski definition) is 1. The number of nitrogens with zero attached hydrogens (tertiary/aromatic N) is 3. The number of benzene rings is 1. The molecule has 1 aliphatic rings. The van der Waals surface area contributed by atoms with Crippen LogP contribution in [-0.2, 0) is 12.8 Å². The molecule has 1 N–H and O–H groups in total. The van der Waals surface area contributed by atoms with Gasteiger partial charge in [0.15, 0.2) is 0 Å². The third-order valence-corrected chi connectivity index (χ3v) is 4.71. The van der Waals surface area contributed by atoms with Crippen molar-refractivity contribution in [1.29, 1.82) is 0 Å². The molecule has 1 aliphatic carbocycles. The van der Waals surface area contributed by atoms with Gasteiger partial charge in [0.25, 0.3) is 0 Å². The molecule has 2 aromatic heterocycles. The van der Waals surface area contributed by atoms with Gasteiger partial charge in [0.1, 0.15) is 5.75 Å². The molecular formula is C18H20N4O. The molecule has 118 valence electrons. The number of aromatic nitrogens is 3. The van der Waals surface area contributed by atoms with Crippen LogP contribution < -0.4 is 10.1 Å². The van der Waals surface area contributed by atoms with E-state index in [1.807, 2.05) is 43.7 Å². The predicted octanol–water partition coefficient (Wildman–Crippen LogP) is 2.51. The number of nitrogens with one attached hydrogen (secondary N) is 1. The maximum absolute atomic E-state index is 5.37. The normalized spacial score (nSPS) is 17.2. The fraction of sp³-hybridized carbons (Fsp3) is 0.333. The predicted molar refractivity (Wildman–Crippen MR) is 90.3 cm³/mol. The summed E-state index contributed by atoms with van der Waals surface area (Å²) in [5.74, 6) is 0.836. The van der Waals surface area contributed by atoms with Gasteiger partial charge in [-0.1, -0.05) is 0 Å². The summed E-state index contributed by atoms with van der Waals surface area (Å²) in [6.07, 6.45) is 7.07. The molecule has 0 saturated carbocycles. The Morgan fingerprint density at radius 2 is 2.22 bits per heavy atom. The van der Waals surface area contributed by atoms with Gasteiger partial charge in [0.2, 0.25) is 0 Å². The van der Waals surface area contributed by atoms with Crippen molar-refractivity contribution in [1.82, 2.24) is 20.1 Å². The molecule has 1 aromatic carbocycles. The van der Waals surface area contributed by atoms with E-state index in [9.17, 15) is 0 Å². The van der Waals surface area contributed by atoms with E-state index in [1.54, 1.807) is 7.11 Å². The summed E-state index contributed by atoms with van der Waals surface area (Å²) in [6.45, 7) is 0. The number of hydrogen-bond acceptors (Lipinski definition) is 4. The topological polar surface area (TPSA) is 52.0 Å². The maximum Gasteiger partial charge on any atom is 0.119 e. The van der Waals surface area contributed by atoms with Crippen molar-refractivity contribution >= 4 is 10.9 Å². The second kappa shape index (κ2) is 5.66. The van der Waals surface area contributed by atoms with Gasteiger partial charge < -0.3 is 10.1 Å². The average Bonchev–Trinajstić information content (AvgIpc) is 3.03. The highest BCUT2D eigenvalue weighted by Crippen LogP contribution is 2.29. The van der Waals surface area contributed by atoms with Gasteiger partial charge in [0, 0.05) is 23.3 Å². The largest absolute Gasteiger partial charge is 0.497 e. The lowest BCUT2D eigenvalue weighted by Crippen LogP contribution is -2.31. The van der Waals surface area contributed by atoms with Crippen molar-refractivity contribution in [2.75, 3.05) is 14.2 Å². The molecule has 0 aliphatic heterocycles. The Morgan fingerprint density at radius 1 is 1.30 bits per heavy atom. The minimum Gasteiger partial charge on any atom is -0.497 e. The Labute approximate surface area is 135 Å². The van der Waals surface area contributed by atoms with Crippen molar-refractivity contribution in [2.45, 2.75) is 25.3 Å². The molecule has 0 bridgehead atoms. The third-order valence-electron chi connectivity index (χ3n) is 4.71. The van der Waals surface area contributed by atoms with Crippen LogP contribution in [0.15, 0.2) is 36.7 Å². The van der Waals surface area contributed by atoms with Crippen molar-refractivity contribution in [3.8, 4) is 11.4 Å². The highest BCUT2D eigenvalue weighted by molar-refractivity contribution is 5.88. The van der Waals surface area contributed by atoms with Crippen LogP contribution in [0.25, 0.3) is 16.6 Å². The molecule has 5 nitrogen and oxygen atoms in total. The molecule has 4 rings (SSSR count). The van der Waals surface area contributed by atoms with E-state index < -0.39 is 0 Å². The van der Waals surface area contributed by atoms with Crippen LogP contribution in [0.2, 0.25) is 0 Å². The second-order valence-electron chi connectivity index (χ2n) is 5.97. The minimum atomic E-state index is 0.550. The highest BCUT2D eigenvalue weighted by Gasteiger charge is 2.22. The lowest BCUT2D eigenvalue weighted by Gasteiger charge is -2.22. The zero-order valence-electron chi connectivity index (χ0n) is 13.4. The third kappa shape index (κ3) is 2.37. The summed E-state index contributed by atoms with van der Waals surface area (Å²) in [4.78, 5) is 4.46. The Bertz CT molecular complexity index is 855. The molecule has 5 heteroatoms. The number of ether oxygens (including phenoxy) is 1. The van der Waals surface area contributed by atoms with Crippen LogP contribution in [0.1, 0.15) is 17.7 Å². The molecule has 23 heavy (non-hydrogen) atoms. The molecule has 1 atom stereocenters. The Morgan fingerprint density at radius 3 is 3.04 bits per heavy atom. The zero-order valence-corrected chi connectivity index (χ0v) is 13.4. The first-order valence-electron chi connectivity index (χ1n) is 7.96. The van der Waals surface area contributed by atoms with E-state index in [-0.39, 0.29) is 0 Å². The molecule has 3 aromatic rings. The van der Waals surface area contributed by atoms with Gasteiger partial charge in [-0.15, -0.1) is 0 Å². The van der Waals surface area contributed by atoms with Crippen molar-refractivity contribution < 1.29 is 4.74 Å². The second-order valence-corrected chi connectivity index (χ2v) is 5.97. The molecule has 0 spiro atoms. The SMILES string of the molecule is CNC1CCc2c(cnn2-c2ccnc3ccc(OC)cc23)C1. The lowest BCUT2D eigenvalue weighted by molar-refractivity contribution is 0.415. The van der Waals surface area contributed by atoms with Crippen LogP contribution in [0, 0.1) is 0 Å². The molecule has 0 saturated heterocycles. The average molecular weight is 308 g/mol. The summed E-state index contributed by atoms with van der Waals surface area (Å²) in [6, 6.07) is 8.54. The first kappa shape index (κ1) is 14.2. The van der Waals surface area contributed by atoms with Crippen molar-refractivity contribution in [3.63, 3.8) is 0 Å². The zero-order chi connectivity index (χ0) is 15.8. The van der Waals surface area contributed by atoms with E-state index in [2.05, 4.69) is 20.1 Å². The minimum absolute atomic E-state index is 0.550. The summed E-state index contributed by atoms with van der Waals surface area (Å²) in [5.41, 5.74) is 4.67. The van der Waals surface area contributed by atoms with E-state index in [0.717, 1.165) is 41.6 Å². The molecule has 1 unspecified atom stereocenters. The number of pyridine rings is 1. The number of methoxy groups -OCH3 is 1. The Balaban J connectivity index is 1.86. The monoisotopic (exact) mass is 308 g/mol. The Hall–Kier alpha value is -2.40. The fourth-order valence-electron chi connectivity index (χ4n) is 3.40. The summed E-state index contributed by atoms with van der Waals surface area (Å²) < 4.78 is 7.44. The fourth-order valence-corrected chi connectivity index (χ4v) is 3.40. The van der Waals surface area contributed by atoms with Crippen LogP contribution in [-0.4, -0.2) is 35.0 Å². The first-order valence-corrected chi connectivity index (χ1v) is 7.96. The van der Waals surface area contributed by atoms with Crippen LogP contribution in [0.4, 0.5) is 0 Å². The van der Waals surface area contributed by atoms with Gasteiger partial charge in [-0.3, -0.25) is 4.98 Å². The van der Waals surface area contributed by atoms with Gasteiger partial charge in [-0.2, -0.15) is 5.10 Å². The van der Waals surface area contributed by atoms with E-state index in [1.165, 1.54) is 11.3 Å². The van der Waals surface area contributed by atoms with Crippen molar-refractivity contribution in [3.05, 3.63) is 47.9 Å². The summed E-state index contributed by atoms with van der Waals surface area (Å²) in [5, 5.41) is 9.10. The highest BCUT2D eigenvalue weighted by atomic mass is 16.5. The molecule has 0 fully saturated rings. The van der Waals surface area contributed by atoms with Crippen molar-refractivity contribution in [2.24, 2.45) is 0 Å². The molecular weight excluding hydrogens is 288 g/mol. The van der Waals surface area contributed by atoms with E-state index in [4.69, 9.17) is 4.74 Å². The first-order chi connectivity index (χ1) is 11.3. The van der Waals surface area contributed by atoms with Gasteiger partial charge >= 0.3 is 0 Å². The van der Waals surface area contributed by atoms with Crippen LogP contribution in [0.5, 0.6) is 5.75 Å². The number of likely N-dealkylation sites (N-methyl/N-ethyl adjacent to an activating group) is 1. The summed E-state index contributed by atoms with van der Waals surface area (Å²) in [7, 11) is 3.72. The molecule has 2 heterocycles. The van der Waals surface area contributed by atoms with Gasteiger partial charge in [0.05, 0.1) is 24.5 Å². The summed E-state index contributed by atoms with van der Waals surface area (Å²) >= 11 is 0. The Kier molecular flexibility index (Phi) is 3.50. The quantitative estimate of drug-likeness (QED) is 0.808. The molecule has 0 radical (unpaired) electrons. The standard InChI is InChI=1S/C18H20N4O/c1-19-13-3-6-17-12(9-13)11-21-22(17)18-7-8-20-16-5-4-14(23-2)10-15(16)18/h4-5,7-8,10-11,13,19H,3,6,9H2,1-2H3. The van der Waals surface area contributed by atoms with Crippen LogP contribution >= 0.6 is 0 Å². The van der Waals surface area contributed by atoms with Gasteiger partial charge in [-0.25, -0.2) is 4.68 Å². The molecule has 0 amide bonds. The smallest absolute Gasteiger partial charge is 0.119 e. The lowest BCUT2D eigenvalue weighted by atomic mass is 9.93. The number of fused-ring (bicyclic) bond motifs is 2. The number of rotatable bonds is 3. The maximum atomic E-state index is 5.37.